The predicted molar refractivity (Wildman–Crippen MR) is 62.7 cm³/mol. The predicted octanol–water partition coefficient (Wildman–Crippen LogP) is 3.67. The van der Waals surface area contributed by atoms with Crippen LogP contribution in [-0.4, -0.2) is 17.4 Å². The van der Waals surface area contributed by atoms with Crippen molar-refractivity contribution in [3.05, 3.63) is 0 Å². The molecule has 0 rings (SSSR count). The molecule has 84 valence electrons. The van der Waals surface area contributed by atoms with Gasteiger partial charge in [0.2, 0.25) is 0 Å². The summed E-state index contributed by atoms with van der Waals surface area (Å²) in [5.74, 6) is -0.0670. The largest absolute Gasteiger partial charge is 0.466 e. The van der Waals surface area contributed by atoms with Gasteiger partial charge in [0.15, 0.2) is 0 Å². The first-order valence-electron chi connectivity index (χ1n) is 5.50. The minimum atomic E-state index is -0.0670. The van der Waals surface area contributed by atoms with Crippen LogP contribution in [0.25, 0.3) is 0 Å². The minimum Gasteiger partial charge on any atom is -0.466 e. The molecular weight excluding hydrogens is 244 g/mol. The van der Waals surface area contributed by atoms with Crippen molar-refractivity contribution >= 4 is 21.9 Å². The zero-order valence-corrected chi connectivity index (χ0v) is 10.8. The number of rotatable bonds is 8. The number of hydrogen-bond acceptors (Lipinski definition) is 2. The van der Waals surface area contributed by atoms with Crippen LogP contribution in [0.5, 0.6) is 0 Å². The van der Waals surface area contributed by atoms with Gasteiger partial charge in [-0.15, -0.1) is 0 Å². The first kappa shape index (κ1) is 13.9. The highest BCUT2D eigenvalue weighted by Crippen LogP contribution is 2.16. The SMILES string of the molecule is CCCCC(Br)CCCC(=O)OCC. The Morgan fingerprint density at radius 1 is 1.29 bits per heavy atom. The van der Waals surface area contributed by atoms with Crippen LogP contribution in [0.3, 0.4) is 0 Å². The summed E-state index contributed by atoms with van der Waals surface area (Å²) in [6, 6.07) is 0. The number of ether oxygens (including phenoxy) is 1. The molecule has 0 spiro atoms. The van der Waals surface area contributed by atoms with E-state index in [9.17, 15) is 4.79 Å². The van der Waals surface area contributed by atoms with Crippen LogP contribution < -0.4 is 0 Å². The van der Waals surface area contributed by atoms with E-state index in [1.54, 1.807) is 0 Å². The van der Waals surface area contributed by atoms with Gasteiger partial charge in [-0.05, 0) is 26.2 Å². The average Bonchev–Trinajstić information content (AvgIpc) is 2.15. The van der Waals surface area contributed by atoms with Gasteiger partial charge in [0, 0.05) is 11.2 Å². The summed E-state index contributed by atoms with van der Waals surface area (Å²) < 4.78 is 4.85. The van der Waals surface area contributed by atoms with E-state index >= 15 is 0 Å². The molecule has 2 nitrogen and oxygen atoms in total. The molecule has 1 unspecified atom stereocenters. The molecule has 0 aliphatic rings. The van der Waals surface area contributed by atoms with Crippen molar-refractivity contribution in [1.29, 1.82) is 0 Å². The topological polar surface area (TPSA) is 26.3 Å². The van der Waals surface area contributed by atoms with Gasteiger partial charge in [-0.25, -0.2) is 0 Å². The lowest BCUT2D eigenvalue weighted by Gasteiger charge is -2.08. The van der Waals surface area contributed by atoms with Gasteiger partial charge in [0.25, 0.3) is 0 Å². The zero-order chi connectivity index (χ0) is 10.8. The Kier molecular flexibility index (Phi) is 9.47. The van der Waals surface area contributed by atoms with E-state index in [0.29, 0.717) is 17.9 Å². The summed E-state index contributed by atoms with van der Waals surface area (Å²) in [6.45, 7) is 4.52. The van der Waals surface area contributed by atoms with Crippen LogP contribution >= 0.6 is 15.9 Å². The Morgan fingerprint density at radius 2 is 1.93 bits per heavy atom. The van der Waals surface area contributed by atoms with Crippen molar-refractivity contribution < 1.29 is 9.53 Å². The smallest absolute Gasteiger partial charge is 0.305 e. The Hall–Kier alpha value is -0.0500. The number of hydrogen-bond donors (Lipinski definition) is 0. The third kappa shape index (κ3) is 8.54. The van der Waals surface area contributed by atoms with Crippen LogP contribution in [0.1, 0.15) is 52.4 Å². The fourth-order valence-corrected chi connectivity index (χ4v) is 1.92. The van der Waals surface area contributed by atoms with Gasteiger partial charge >= 0.3 is 5.97 Å². The fourth-order valence-electron chi connectivity index (χ4n) is 1.27. The maximum absolute atomic E-state index is 11.0. The number of unbranched alkanes of at least 4 members (excludes halogenated alkanes) is 1. The molecule has 0 heterocycles. The lowest BCUT2D eigenvalue weighted by molar-refractivity contribution is -0.143. The Morgan fingerprint density at radius 3 is 2.50 bits per heavy atom. The summed E-state index contributed by atoms with van der Waals surface area (Å²) in [5.41, 5.74) is 0. The Balaban J connectivity index is 3.29. The molecule has 0 aliphatic carbocycles. The second-order valence-electron chi connectivity index (χ2n) is 3.44. The van der Waals surface area contributed by atoms with Gasteiger partial charge in [0.05, 0.1) is 6.61 Å². The molecule has 0 bridgehead atoms. The molecule has 0 aromatic carbocycles. The molecule has 0 aromatic heterocycles. The highest BCUT2D eigenvalue weighted by atomic mass is 79.9. The summed E-state index contributed by atoms with van der Waals surface area (Å²) in [4.78, 5) is 11.6. The molecule has 0 saturated heterocycles. The maximum atomic E-state index is 11.0. The van der Waals surface area contributed by atoms with E-state index in [2.05, 4.69) is 22.9 Å². The molecule has 3 heteroatoms. The lowest BCUT2D eigenvalue weighted by Crippen LogP contribution is -2.05. The van der Waals surface area contributed by atoms with Crippen molar-refractivity contribution in [2.24, 2.45) is 0 Å². The number of carbonyl (C=O) groups is 1. The van der Waals surface area contributed by atoms with Crippen molar-refractivity contribution in [1.82, 2.24) is 0 Å². The molecule has 0 amide bonds. The zero-order valence-electron chi connectivity index (χ0n) is 9.22. The molecular formula is C11H21BrO2. The summed E-state index contributed by atoms with van der Waals surface area (Å²) in [7, 11) is 0. The fraction of sp³-hybridized carbons (Fsp3) is 0.909. The van der Waals surface area contributed by atoms with E-state index < -0.39 is 0 Å². The third-order valence-electron chi connectivity index (χ3n) is 2.07. The number of esters is 1. The first-order chi connectivity index (χ1) is 6.70. The summed E-state index contributed by atoms with van der Waals surface area (Å²) in [6.07, 6.45) is 6.26. The van der Waals surface area contributed by atoms with E-state index in [4.69, 9.17) is 4.74 Å². The average molecular weight is 265 g/mol. The van der Waals surface area contributed by atoms with E-state index in [-0.39, 0.29) is 5.97 Å². The van der Waals surface area contributed by atoms with Gasteiger partial charge in [-0.1, -0.05) is 35.7 Å². The molecule has 0 aliphatic heterocycles. The number of halogens is 1. The van der Waals surface area contributed by atoms with E-state index in [1.165, 1.54) is 19.3 Å². The summed E-state index contributed by atoms with van der Waals surface area (Å²) >= 11 is 3.62. The molecule has 1 atom stereocenters. The van der Waals surface area contributed by atoms with Gasteiger partial charge in [-0.3, -0.25) is 4.79 Å². The second kappa shape index (κ2) is 9.50. The highest BCUT2D eigenvalue weighted by molar-refractivity contribution is 9.09. The molecule has 0 radical (unpaired) electrons. The van der Waals surface area contributed by atoms with Crippen molar-refractivity contribution in [2.45, 2.75) is 57.2 Å². The van der Waals surface area contributed by atoms with Gasteiger partial charge in [0.1, 0.15) is 0 Å². The molecule has 0 aromatic rings. The monoisotopic (exact) mass is 264 g/mol. The standard InChI is InChI=1S/C11H21BrO2/c1-3-5-7-10(12)8-6-9-11(13)14-4-2/h10H,3-9H2,1-2H3. The van der Waals surface area contributed by atoms with Crippen LogP contribution in [0, 0.1) is 0 Å². The highest BCUT2D eigenvalue weighted by Gasteiger charge is 2.06. The van der Waals surface area contributed by atoms with Gasteiger partial charge < -0.3 is 4.74 Å². The van der Waals surface area contributed by atoms with Crippen LogP contribution in [-0.2, 0) is 9.53 Å². The quantitative estimate of drug-likeness (QED) is 0.494. The third-order valence-corrected chi connectivity index (χ3v) is 2.99. The van der Waals surface area contributed by atoms with Crippen molar-refractivity contribution in [3.63, 3.8) is 0 Å². The molecule has 14 heavy (non-hydrogen) atoms. The lowest BCUT2D eigenvalue weighted by atomic mass is 10.1. The van der Waals surface area contributed by atoms with Crippen molar-refractivity contribution in [2.75, 3.05) is 6.61 Å². The molecule has 0 fully saturated rings. The summed E-state index contributed by atoms with van der Waals surface area (Å²) in [5, 5.41) is 0. The Bertz CT molecular complexity index is 148. The van der Waals surface area contributed by atoms with E-state index in [0.717, 1.165) is 12.8 Å². The first-order valence-corrected chi connectivity index (χ1v) is 6.42. The number of alkyl halides is 1. The van der Waals surface area contributed by atoms with Gasteiger partial charge in [-0.2, -0.15) is 0 Å². The maximum Gasteiger partial charge on any atom is 0.305 e. The number of carbonyl (C=O) groups excluding carboxylic acids is 1. The molecule has 0 N–H and O–H groups in total. The Labute approximate surface area is 95.5 Å². The normalized spacial score (nSPS) is 12.5. The van der Waals surface area contributed by atoms with E-state index in [1.807, 2.05) is 6.92 Å². The van der Waals surface area contributed by atoms with Crippen molar-refractivity contribution in [3.8, 4) is 0 Å². The van der Waals surface area contributed by atoms with Crippen LogP contribution in [0.4, 0.5) is 0 Å². The second-order valence-corrected chi connectivity index (χ2v) is 4.73. The minimum absolute atomic E-state index is 0.0670. The van der Waals surface area contributed by atoms with Crippen LogP contribution in [0.2, 0.25) is 0 Å². The van der Waals surface area contributed by atoms with Crippen LogP contribution in [0.15, 0.2) is 0 Å². The molecule has 0 saturated carbocycles.